The molecule has 38 heavy (non-hydrogen) atoms. The molecule has 3 aliphatic rings. The predicted octanol–water partition coefficient (Wildman–Crippen LogP) is 4.69. The van der Waals surface area contributed by atoms with Crippen molar-refractivity contribution >= 4 is 27.8 Å². The van der Waals surface area contributed by atoms with E-state index in [9.17, 15) is 12.8 Å². The van der Waals surface area contributed by atoms with Gasteiger partial charge in [-0.3, -0.25) is 0 Å². The molecule has 0 aromatic heterocycles. The summed E-state index contributed by atoms with van der Waals surface area (Å²) in [5, 5.41) is 11.4. The number of aryl methyl sites for hydroxylation is 1. The Bertz CT molecular complexity index is 1550. The molecule has 0 unspecified atom stereocenters. The van der Waals surface area contributed by atoms with E-state index in [0.29, 0.717) is 18.7 Å². The molecule has 6 rings (SSSR count). The number of hydrogen-bond acceptors (Lipinski definition) is 4. The number of benzene rings is 3. The third-order valence-electron chi connectivity index (χ3n) is 8.35. The molecular weight excluding hydrogens is 501 g/mol. The minimum absolute atomic E-state index is 0.116. The van der Waals surface area contributed by atoms with Crippen LogP contribution in [0.5, 0.6) is 0 Å². The highest BCUT2D eigenvalue weighted by molar-refractivity contribution is 7.86. The van der Waals surface area contributed by atoms with E-state index in [1.54, 1.807) is 16.4 Å². The number of rotatable bonds is 7. The number of piperidine rings is 1. The number of anilines is 2. The topological polar surface area (TPSA) is 80.9 Å². The zero-order chi connectivity index (χ0) is 26.7. The minimum atomic E-state index is -3.64. The van der Waals surface area contributed by atoms with E-state index in [1.165, 1.54) is 28.2 Å². The van der Waals surface area contributed by atoms with Crippen LogP contribution in [0.4, 0.5) is 15.8 Å². The number of halogens is 1. The summed E-state index contributed by atoms with van der Waals surface area (Å²) < 4.78 is 43.2. The zero-order valence-corrected chi connectivity index (χ0v) is 21.7. The Morgan fingerprint density at radius 2 is 1.79 bits per heavy atom. The molecule has 7 nitrogen and oxygen atoms in total. The summed E-state index contributed by atoms with van der Waals surface area (Å²) in [6, 6.07) is 20.1. The Balaban J connectivity index is 1.37. The van der Waals surface area contributed by atoms with Crippen LogP contribution in [0.15, 0.2) is 66.7 Å². The summed E-state index contributed by atoms with van der Waals surface area (Å²) >= 11 is 0. The van der Waals surface area contributed by atoms with Gasteiger partial charge in [0.2, 0.25) is 0 Å². The van der Waals surface area contributed by atoms with E-state index in [-0.39, 0.29) is 36.8 Å². The second-order valence-electron chi connectivity index (χ2n) is 10.5. The van der Waals surface area contributed by atoms with Crippen molar-refractivity contribution in [3.8, 4) is 0 Å². The van der Waals surface area contributed by atoms with E-state index >= 15 is 0 Å². The van der Waals surface area contributed by atoms with E-state index in [0.717, 1.165) is 22.5 Å². The van der Waals surface area contributed by atoms with Gasteiger partial charge in [-0.05, 0) is 65.9 Å². The Morgan fingerprint density at radius 1 is 1.08 bits per heavy atom. The van der Waals surface area contributed by atoms with Crippen molar-refractivity contribution < 1.29 is 12.8 Å². The van der Waals surface area contributed by atoms with Crippen LogP contribution >= 0.6 is 0 Å². The third kappa shape index (κ3) is 3.83. The Labute approximate surface area is 222 Å². The summed E-state index contributed by atoms with van der Waals surface area (Å²) in [6.07, 6.45) is 1.30. The number of nitrogens with zero attached hydrogens (tertiary/aromatic N) is 3. The van der Waals surface area contributed by atoms with Crippen molar-refractivity contribution in [2.75, 3.05) is 31.5 Å². The Kier molecular flexibility index (Phi) is 5.87. The maximum absolute atomic E-state index is 13.4. The van der Waals surface area contributed by atoms with Crippen LogP contribution in [0.3, 0.4) is 0 Å². The van der Waals surface area contributed by atoms with Crippen LogP contribution in [0.2, 0.25) is 0 Å². The molecule has 3 aromatic carbocycles. The first kappa shape index (κ1) is 24.7. The van der Waals surface area contributed by atoms with Crippen molar-refractivity contribution in [3.63, 3.8) is 0 Å². The fourth-order valence-electron chi connectivity index (χ4n) is 6.39. The Hall–Kier alpha value is -3.58. The van der Waals surface area contributed by atoms with Crippen molar-refractivity contribution in [1.29, 1.82) is 5.41 Å². The van der Waals surface area contributed by atoms with Crippen molar-refractivity contribution in [2.45, 2.75) is 24.3 Å². The first-order valence-electron chi connectivity index (χ1n) is 12.6. The summed E-state index contributed by atoms with van der Waals surface area (Å²) in [4.78, 5) is 3.47. The number of fused-ring (bicyclic) bond motifs is 1. The maximum atomic E-state index is 13.4. The van der Waals surface area contributed by atoms with Crippen LogP contribution in [0.1, 0.15) is 28.2 Å². The Morgan fingerprint density at radius 3 is 2.45 bits per heavy atom. The van der Waals surface area contributed by atoms with Gasteiger partial charge in [-0.25, -0.2) is 11.0 Å². The highest BCUT2D eigenvalue weighted by Crippen LogP contribution is 2.70. The van der Waals surface area contributed by atoms with Crippen LogP contribution in [-0.2, 0) is 15.6 Å². The lowest BCUT2D eigenvalue weighted by atomic mass is 9.86. The average Bonchev–Trinajstić information content (AvgIpc) is 3.33. The molecule has 2 aliphatic heterocycles. The standard InChI is InChI=1S/C29H28FN5O2S/c1-19-12-27(33-23-10-8-22(30)9-11-23)21(14-31)13-25(19)29-18-35(38(36,37)34-15-24(16-34)32-2)17-26(29)28(29)20-6-4-3-5-7-20/h3-14,24,26,28,31,33H,15-18H2,1H3/t26-,28-,29+/m0/s1. The number of nitrogens with one attached hydrogen (secondary N) is 2. The van der Waals surface area contributed by atoms with Crippen molar-refractivity contribution in [3.05, 3.63) is 106 Å². The molecule has 1 aliphatic carbocycles. The van der Waals surface area contributed by atoms with Gasteiger partial charge in [-0.2, -0.15) is 17.0 Å². The largest absolute Gasteiger partial charge is 0.355 e. The molecule has 0 amide bonds. The van der Waals surface area contributed by atoms with Crippen molar-refractivity contribution in [1.82, 2.24) is 8.61 Å². The molecule has 2 saturated heterocycles. The van der Waals surface area contributed by atoms with Gasteiger partial charge in [-0.1, -0.05) is 30.3 Å². The molecule has 0 bridgehead atoms. The highest BCUT2D eigenvalue weighted by Gasteiger charge is 2.72. The third-order valence-corrected chi connectivity index (χ3v) is 10.2. The zero-order valence-electron chi connectivity index (χ0n) is 20.9. The van der Waals surface area contributed by atoms with Gasteiger partial charge in [0.15, 0.2) is 0 Å². The predicted molar refractivity (Wildman–Crippen MR) is 146 cm³/mol. The van der Waals surface area contributed by atoms with Gasteiger partial charge in [0.1, 0.15) is 5.82 Å². The quantitative estimate of drug-likeness (QED) is 0.344. The second kappa shape index (κ2) is 9.02. The van der Waals surface area contributed by atoms with Gasteiger partial charge >= 0.3 is 0 Å². The first-order valence-corrected chi connectivity index (χ1v) is 14.0. The summed E-state index contributed by atoms with van der Waals surface area (Å²) in [7, 11) is -3.64. The molecule has 3 atom stereocenters. The smallest absolute Gasteiger partial charge is 0.282 e. The maximum Gasteiger partial charge on any atom is 0.282 e. The summed E-state index contributed by atoms with van der Waals surface area (Å²) in [5.41, 5.74) is 5.01. The van der Waals surface area contributed by atoms with Crippen LogP contribution in [-0.4, -0.2) is 55.5 Å². The molecule has 0 spiro atoms. The van der Waals surface area contributed by atoms with E-state index in [4.69, 9.17) is 12.0 Å². The molecule has 0 radical (unpaired) electrons. The fraction of sp³-hybridized carbons (Fsp3) is 0.310. The van der Waals surface area contributed by atoms with Crippen LogP contribution in [0, 0.1) is 30.6 Å². The molecule has 9 heteroatoms. The summed E-state index contributed by atoms with van der Waals surface area (Å²) in [5.74, 6) is -0.0229. The molecule has 194 valence electrons. The fourth-order valence-corrected chi connectivity index (χ4v) is 8.16. The normalized spacial score (nSPS) is 25.3. The second-order valence-corrected chi connectivity index (χ2v) is 12.4. The van der Waals surface area contributed by atoms with E-state index < -0.39 is 15.6 Å². The van der Waals surface area contributed by atoms with E-state index in [2.05, 4.69) is 22.3 Å². The molecule has 3 aromatic rings. The van der Waals surface area contributed by atoms with Gasteiger partial charge in [-0.15, -0.1) is 0 Å². The molecular formula is C29H28FN5O2S. The highest BCUT2D eigenvalue weighted by atomic mass is 32.2. The van der Waals surface area contributed by atoms with Gasteiger partial charge in [0.25, 0.3) is 16.3 Å². The lowest BCUT2D eigenvalue weighted by molar-refractivity contribution is 0.263. The van der Waals surface area contributed by atoms with E-state index in [1.807, 2.05) is 37.3 Å². The van der Waals surface area contributed by atoms with Crippen LogP contribution in [0.25, 0.3) is 4.85 Å². The summed E-state index contributed by atoms with van der Waals surface area (Å²) in [6.45, 7) is 10.5. The minimum Gasteiger partial charge on any atom is -0.355 e. The number of hydrogen-bond donors (Lipinski definition) is 2. The first-order chi connectivity index (χ1) is 18.3. The van der Waals surface area contributed by atoms with Crippen molar-refractivity contribution in [2.24, 2.45) is 5.92 Å². The van der Waals surface area contributed by atoms with Gasteiger partial charge in [0, 0.05) is 47.6 Å². The molecule has 2 N–H and O–H groups in total. The van der Waals surface area contributed by atoms with Crippen LogP contribution < -0.4 is 5.32 Å². The molecule has 2 heterocycles. The SMILES string of the molecule is [C-]#[N+]C1CN(S(=O)(=O)N2C[C@H]3[C@H](c4ccccc4)[C@@]3(c3cc(C=N)c(Nc4ccc(F)cc4)cc3C)C2)C1. The average molecular weight is 530 g/mol. The molecule has 1 saturated carbocycles. The van der Waals surface area contributed by atoms with Gasteiger partial charge < -0.3 is 15.6 Å². The van der Waals surface area contributed by atoms with Gasteiger partial charge in [0.05, 0.1) is 13.1 Å². The monoisotopic (exact) mass is 529 g/mol. The molecule has 3 fully saturated rings. The lowest BCUT2D eigenvalue weighted by Gasteiger charge is -2.35. The lowest BCUT2D eigenvalue weighted by Crippen LogP contribution is -2.56.